The Bertz CT molecular complexity index is 327. The molecule has 0 aromatic carbocycles. The van der Waals surface area contributed by atoms with E-state index in [4.69, 9.17) is 10.5 Å². The topological polar surface area (TPSA) is 81.4 Å². The molecular weight excluding hydrogens is 244 g/mol. The molecule has 5 heteroatoms. The van der Waals surface area contributed by atoms with Crippen molar-refractivity contribution in [3.8, 4) is 0 Å². The van der Waals surface area contributed by atoms with Gasteiger partial charge in [0.25, 0.3) is 0 Å². The van der Waals surface area contributed by atoms with Gasteiger partial charge in [-0.15, -0.1) is 0 Å². The quantitative estimate of drug-likeness (QED) is 0.736. The second-order valence-electron chi connectivity index (χ2n) is 6.97. The largest absolute Gasteiger partial charge is 0.462 e. The highest BCUT2D eigenvalue weighted by atomic mass is 16.5. The van der Waals surface area contributed by atoms with Gasteiger partial charge >= 0.3 is 5.97 Å². The van der Waals surface area contributed by atoms with E-state index >= 15 is 0 Å². The first kappa shape index (κ1) is 18.1. The van der Waals surface area contributed by atoms with Crippen LogP contribution in [0.25, 0.3) is 0 Å². The Kier molecular flexibility index (Phi) is 6.16. The lowest BCUT2D eigenvalue weighted by Gasteiger charge is -2.26. The molecule has 0 aromatic rings. The van der Waals surface area contributed by atoms with Gasteiger partial charge in [-0.2, -0.15) is 0 Å². The summed E-state index contributed by atoms with van der Waals surface area (Å²) in [6.45, 7) is 12.9. The molecule has 0 aliphatic carbocycles. The lowest BCUT2D eigenvalue weighted by Crippen LogP contribution is -2.48. The summed E-state index contributed by atoms with van der Waals surface area (Å²) < 4.78 is 5.08. The molecular formula is C14H28N2O3. The molecule has 5 nitrogen and oxygen atoms in total. The zero-order valence-electron chi connectivity index (χ0n) is 13.2. The smallest absolute Gasteiger partial charge is 0.322 e. The summed E-state index contributed by atoms with van der Waals surface area (Å²) in [6.07, 6.45) is 0. The predicted molar refractivity (Wildman–Crippen MR) is 75.7 cm³/mol. The predicted octanol–water partition coefficient (Wildman–Crippen LogP) is 1.25. The third kappa shape index (κ3) is 7.28. The van der Waals surface area contributed by atoms with Crippen LogP contribution in [-0.4, -0.2) is 36.0 Å². The fourth-order valence-electron chi connectivity index (χ4n) is 1.64. The highest BCUT2D eigenvalue weighted by molar-refractivity contribution is 5.89. The molecule has 0 saturated heterocycles. The van der Waals surface area contributed by atoms with Crippen LogP contribution in [0.1, 0.15) is 48.5 Å². The van der Waals surface area contributed by atoms with Gasteiger partial charge in [0.15, 0.2) is 5.78 Å². The van der Waals surface area contributed by atoms with E-state index in [-0.39, 0.29) is 17.9 Å². The number of carbonyl (C=O) groups excluding carboxylic acids is 2. The van der Waals surface area contributed by atoms with E-state index in [0.717, 1.165) is 0 Å². The average molecular weight is 272 g/mol. The molecule has 112 valence electrons. The number of hydrogen-bond donors (Lipinski definition) is 2. The molecule has 19 heavy (non-hydrogen) atoms. The maximum atomic E-state index is 11.8. The number of carbonyl (C=O) groups is 2. The number of hydrogen-bond acceptors (Lipinski definition) is 5. The van der Waals surface area contributed by atoms with Crippen molar-refractivity contribution in [1.29, 1.82) is 0 Å². The van der Waals surface area contributed by atoms with E-state index in [9.17, 15) is 9.59 Å². The summed E-state index contributed by atoms with van der Waals surface area (Å²) in [5.74, 6) is -0.510. The first-order valence-corrected chi connectivity index (χ1v) is 6.59. The van der Waals surface area contributed by atoms with Crippen molar-refractivity contribution in [3.05, 3.63) is 0 Å². The Labute approximate surface area is 116 Å². The van der Waals surface area contributed by atoms with Crippen LogP contribution < -0.4 is 11.1 Å². The van der Waals surface area contributed by atoms with Gasteiger partial charge in [0.05, 0.1) is 6.04 Å². The van der Waals surface area contributed by atoms with Crippen molar-refractivity contribution in [3.63, 3.8) is 0 Å². The zero-order chi connectivity index (χ0) is 15.4. The van der Waals surface area contributed by atoms with Crippen LogP contribution in [0, 0.1) is 5.41 Å². The molecule has 0 saturated carbocycles. The number of nitrogens with two attached hydrogens (primary N) is 1. The van der Waals surface area contributed by atoms with Crippen molar-refractivity contribution >= 4 is 11.8 Å². The van der Waals surface area contributed by atoms with Crippen molar-refractivity contribution < 1.29 is 14.3 Å². The van der Waals surface area contributed by atoms with Gasteiger partial charge in [0.2, 0.25) is 0 Å². The van der Waals surface area contributed by atoms with Crippen molar-refractivity contribution in [2.75, 3.05) is 6.61 Å². The SMILES string of the molecule is CC(NC(C)(C)C)C(=O)OCC(N)C(=O)C(C)(C)C. The molecule has 3 N–H and O–H groups in total. The Hall–Kier alpha value is -0.940. The van der Waals surface area contributed by atoms with Gasteiger partial charge in [-0.25, -0.2) is 0 Å². The fourth-order valence-corrected chi connectivity index (χ4v) is 1.64. The molecule has 0 spiro atoms. The number of Topliss-reactive ketones (excluding diaryl/α,β-unsaturated/α-hetero) is 1. The van der Waals surface area contributed by atoms with Crippen molar-refractivity contribution in [2.24, 2.45) is 11.1 Å². The first-order valence-electron chi connectivity index (χ1n) is 6.59. The van der Waals surface area contributed by atoms with E-state index < -0.39 is 23.5 Å². The van der Waals surface area contributed by atoms with Crippen molar-refractivity contribution in [1.82, 2.24) is 5.32 Å². The maximum Gasteiger partial charge on any atom is 0.322 e. The van der Waals surface area contributed by atoms with Crippen molar-refractivity contribution in [2.45, 2.75) is 66.1 Å². The summed E-state index contributed by atoms with van der Waals surface area (Å²) in [7, 11) is 0. The Morgan fingerprint density at radius 2 is 1.63 bits per heavy atom. The maximum absolute atomic E-state index is 11.8. The standard InChI is InChI=1S/C14H28N2O3/c1-9(16-14(5,6)7)12(18)19-8-10(15)11(17)13(2,3)4/h9-10,16H,8,15H2,1-7H3. The fraction of sp³-hybridized carbons (Fsp3) is 0.857. The minimum atomic E-state index is -0.772. The number of ether oxygens (including phenoxy) is 1. The van der Waals surface area contributed by atoms with E-state index in [1.807, 2.05) is 20.8 Å². The van der Waals surface area contributed by atoms with Gasteiger partial charge in [0.1, 0.15) is 12.6 Å². The van der Waals surface area contributed by atoms with E-state index in [2.05, 4.69) is 5.32 Å². The lowest BCUT2D eigenvalue weighted by molar-refractivity contribution is -0.148. The average Bonchev–Trinajstić information content (AvgIpc) is 2.20. The third-order valence-corrected chi connectivity index (χ3v) is 2.48. The number of ketones is 1. The van der Waals surface area contributed by atoms with Gasteiger partial charge in [0, 0.05) is 11.0 Å². The highest BCUT2D eigenvalue weighted by Crippen LogP contribution is 2.16. The molecule has 0 aliphatic rings. The minimum absolute atomic E-state index is 0.0783. The monoisotopic (exact) mass is 272 g/mol. The molecule has 2 atom stereocenters. The summed E-state index contributed by atoms with van der Waals surface area (Å²) in [5, 5.41) is 3.10. The van der Waals surface area contributed by atoms with Crippen LogP contribution in [0.5, 0.6) is 0 Å². The Morgan fingerprint density at radius 3 is 2.00 bits per heavy atom. The molecule has 0 bridgehead atoms. The third-order valence-electron chi connectivity index (χ3n) is 2.48. The van der Waals surface area contributed by atoms with Crippen LogP contribution in [0.3, 0.4) is 0 Å². The Balaban J connectivity index is 4.27. The van der Waals surface area contributed by atoms with Gasteiger partial charge in [-0.1, -0.05) is 20.8 Å². The molecule has 0 rings (SSSR count). The van der Waals surface area contributed by atoms with Crippen LogP contribution in [0.15, 0.2) is 0 Å². The molecule has 0 radical (unpaired) electrons. The van der Waals surface area contributed by atoms with E-state index in [1.54, 1.807) is 27.7 Å². The summed E-state index contributed by atoms with van der Waals surface area (Å²) >= 11 is 0. The van der Waals surface area contributed by atoms with Gasteiger partial charge < -0.3 is 10.5 Å². The minimum Gasteiger partial charge on any atom is -0.462 e. The summed E-state index contributed by atoms with van der Waals surface area (Å²) in [6, 6.07) is -1.21. The summed E-state index contributed by atoms with van der Waals surface area (Å²) in [4.78, 5) is 23.6. The van der Waals surface area contributed by atoms with Crippen LogP contribution >= 0.6 is 0 Å². The molecule has 0 aromatic heterocycles. The zero-order valence-corrected chi connectivity index (χ0v) is 13.2. The van der Waals surface area contributed by atoms with Crippen LogP contribution in [0.4, 0.5) is 0 Å². The number of nitrogens with one attached hydrogen (secondary N) is 1. The van der Waals surface area contributed by atoms with E-state index in [0.29, 0.717) is 0 Å². The summed E-state index contributed by atoms with van der Waals surface area (Å²) in [5.41, 5.74) is 5.03. The highest BCUT2D eigenvalue weighted by Gasteiger charge is 2.29. The second-order valence-corrected chi connectivity index (χ2v) is 6.97. The second kappa shape index (κ2) is 6.48. The van der Waals surface area contributed by atoms with E-state index in [1.165, 1.54) is 0 Å². The van der Waals surface area contributed by atoms with Crippen LogP contribution in [0.2, 0.25) is 0 Å². The normalized spacial score (nSPS) is 15.8. The number of esters is 1. The Morgan fingerprint density at radius 1 is 1.16 bits per heavy atom. The first-order chi connectivity index (χ1) is 8.34. The molecule has 0 aliphatic heterocycles. The number of rotatable bonds is 5. The lowest BCUT2D eigenvalue weighted by atomic mass is 9.87. The molecule has 0 amide bonds. The molecule has 2 unspecified atom stereocenters. The van der Waals surface area contributed by atoms with Gasteiger partial charge in [-0.3, -0.25) is 14.9 Å². The van der Waals surface area contributed by atoms with Crippen LogP contribution in [-0.2, 0) is 14.3 Å². The molecule has 0 fully saturated rings. The molecule has 0 heterocycles. The van der Waals surface area contributed by atoms with Gasteiger partial charge in [-0.05, 0) is 27.7 Å².